The molecular formula is C25H25ClN4OS. The van der Waals surface area contributed by atoms with Crippen LogP contribution in [0, 0.1) is 6.92 Å². The van der Waals surface area contributed by atoms with Gasteiger partial charge in [-0.3, -0.25) is 9.48 Å². The molecule has 0 radical (unpaired) electrons. The Morgan fingerprint density at radius 1 is 1.19 bits per heavy atom. The van der Waals surface area contributed by atoms with Crippen molar-refractivity contribution in [1.29, 1.82) is 0 Å². The fourth-order valence-corrected chi connectivity index (χ4v) is 5.55. The molecule has 32 heavy (non-hydrogen) atoms. The van der Waals surface area contributed by atoms with Crippen LogP contribution in [0.1, 0.15) is 50.0 Å². The van der Waals surface area contributed by atoms with E-state index in [0.29, 0.717) is 18.8 Å². The summed E-state index contributed by atoms with van der Waals surface area (Å²) in [5, 5.41) is 10.5. The highest BCUT2D eigenvalue weighted by molar-refractivity contribution is 7.11. The molecule has 0 aliphatic heterocycles. The Balaban J connectivity index is 1.31. The summed E-state index contributed by atoms with van der Waals surface area (Å²) in [6.45, 7) is 3.13. The fourth-order valence-electron chi connectivity index (χ4n) is 4.27. The van der Waals surface area contributed by atoms with Gasteiger partial charge in [0.2, 0.25) is 0 Å². The van der Waals surface area contributed by atoms with Gasteiger partial charge in [0, 0.05) is 28.3 Å². The molecule has 1 N–H and O–H groups in total. The number of nitrogens with zero attached hydrogens (tertiary/aromatic N) is 3. The van der Waals surface area contributed by atoms with Crippen molar-refractivity contribution in [1.82, 2.24) is 20.1 Å². The van der Waals surface area contributed by atoms with Crippen molar-refractivity contribution in [3.63, 3.8) is 0 Å². The Morgan fingerprint density at radius 2 is 2.03 bits per heavy atom. The van der Waals surface area contributed by atoms with Crippen LogP contribution in [0.4, 0.5) is 0 Å². The Bertz CT molecular complexity index is 1270. The fraction of sp³-hybridized carbons (Fsp3) is 0.320. The molecule has 2 heterocycles. The van der Waals surface area contributed by atoms with E-state index in [1.807, 2.05) is 48.0 Å². The molecule has 5 rings (SSSR count). The number of nitrogens with one attached hydrogen (secondary N) is 1. The van der Waals surface area contributed by atoms with E-state index in [1.165, 1.54) is 23.4 Å². The lowest BCUT2D eigenvalue weighted by Crippen LogP contribution is -2.26. The van der Waals surface area contributed by atoms with E-state index >= 15 is 0 Å². The first-order chi connectivity index (χ1) is 15.6. The first-order valence-corrected chi connectivity index (χ1v) is 12.2. The molecule has 1 amide bonds. The maximum Gasteiger partial charge on any atom is 0.272 e. The summed E-state index contributed by atoms with van der Waals surface area (Å²) in [7, 11) is 0. The molecule has 2 aromatic heterocycles. The first-order valence-electron chi connectivity index (χ1n) is 11.0. The second-order valence-corrected chi connectivity index (χ2v) is 9.87. The average molecular weight is 465 g/mol. The van der Waals surface area contributed by atoms with Gasteiger partial charge in [-0.25, -0.2) is 4.98 Å². The van der Waals surface area contributed by atoms with Gasteiger partial charge < -0.3 is 5.32 Å². The van der Waals surface area contributed by atoms with Crippen LogP contribution >= 0.6 is 22.9 Å². The number of aryl methyl sites for hydroxylation is 3. The zero-order valence-electron chi connectivity index (χ0n) is 18.0. The number of para-hydroxylation sites is 1. The van der Waals surface area contributed by atoms with Crippen molar-refractivity contribution in [2.75, 3.05) is 6.54 Å². The molecule has 1 aliphatic rings. The van der Waals surface area contributed by atoms with E-state index in [2.05, 4.69) is 16.5 Å². The minimum absolute atomic E-state index is 0.145. The van der Waals surface area contributed by atoms with E-state index in [4.69, 9.17) is 16.6 Å². The second-order valence-electron chi connectivity index (χ2n) is 8.30. The van der Waals surface area contributed by atoms with E-state index in [0.717, 1.165) is 51.3 Å². The van der Waals surface area contributed by atoms with Gasteiger partial charge >= 0.3 is 0 Å². The predicted molar refractivity (Wildman–Crippen MR) is 130 cm³/mol. The van der Waals surface area contributed by atoms with E-state index in [-0.39, 0.29) is 5.91 Å². The summed E-state index contributed by atoms with van der Waals surface area (Å²) in [4.78, 5) is 19.2. The zero-order chi connectivity index (χ0) is 22.1. The topological polar surface area (TPSA) is 59.8 Å². The molecule has 0 bridgehead atoms. The largest absolute Gasteiger partial charge is 0.350 e. The van der Waals surface area contributed by atoms with E-state index in [1.54, 1.807) is 11.3 Å². The molecule has 5 nitrogen and oxygen atoms in total. The lowest BCUT2D eigenvalue weighted by Gasteiger charge is -2.06. The van der Waals surface area contributed by atoms with Crippen molar-refractivity contribution < 1.29 is 4.79 Å². The molecule has 0 atom stereocenters. The van der Waals surface area contributed by atoms with Gasteiger partial charge in [-0.05, 0) is 55.9 Å². The SMILES string of the molecule is Cc1cc(Cn2nc(C(=O)NCCc3nc4c(s3)CCCC4)c3ccccc32)ccc1Cl. The average Bonchev–Trinajstić information content (AvgIpc) is 3.38. The van der Waals surface area contributed by atoms with E-state index in [9.17, 15) is 4.79 Å². The molecule has 0 spiro atoms. The maximum atomic E-state index is 13.0. The third kappa shape index (κ3) is 4.30. The van der Waals surface area contributed by atoms with Gasteiger partial charge in [0.05, 0.1) is 22.8 Å². The third-order valence-corrected chi connectivity index (χ3v) is 7.58. The first kappa shape index (κ1) is 21.2. The van der Waals surface area contributed by atoms with Gasteiger partial charge in [0.1, 0.15) is 0 Å². The van der Waals surface area contributed by atoms with Gasteiger partial charge in [-0.15, -0.1) is 11.3 Å². The summed E-state index contributed by atoms with van der Waals surface area (Å²) in [5.74, 6) is -0.145. The van der Waals surface area contributed by atoms with Crippen LogP contribution in [-0.4, -0.2) is 27.2 Å². The minimum atomic E-state index is -0.145. The molecule has 2 aromatic carbocycles. The number of benzene rings is 2. The number of hydrogen-bond donors (Lipinski definition) is 1. The summed E-state index contributed by atoms with van der Waals surface area (Å²) in [5.41, 5.74) is 4.80. The van der Waals surface area contributed by atoms with Crippen molar-refractivity contribution in [3.8, 4) is 0 Å². The quantitative estimate of drug-likeness (QED) is 0.418. The zero-order valence-corrected chi connectivity index (χ0v) is 19.6. The molecule has 0 saturated carbocycles. The molecule has 164 valence electrons. The van der Waals surface area contributed by atoms with Crippen LogP contribution in [0.2, 0.25) is 5.02 Å². The smallest absolute Gasteiger partial charge is 0.272 e. The number of rotatable bonds is 6. The van der Waals surface area contributed by atoms with Crippen molar-refractivity contribution in [2.45, 2.75) is 45.6 Å². The number of thiazole rings is 1. The molecule has 0 saturated heterocycles. The highest BCUT2D eigenvalue weighted by atomic mass is 35.5. The minimum Gasteiger partial charge on any atom is -0.350 e. The number of halogens is 1. The van der Waals surface area contributed by atoms with Crippen LogP contribution < -0.4 is 5.32 Å². The van der Waals surface area contributed by atoms with Crippen LogP contribution in [0.5, 0.6) is 0 Å². The molecule has 0 fully saturated rings. The Labute approximate surface area is 196 Å². The number of carbonyl (C=O) groups is 1. The standard InChI is InChI=1S/C25H25ClN4OS/c1-16-14-17(10-11-19(16)26)15-30-21-8-4-2-6-18(21)24(29-30)25(31)27-13-12-23-28-20-7-3-5-9-22(20)32-23/h2,4,6,8,10-11,14H,3,5,7,9,12-13,15H2,1H3,(H,27,31). The maximum absolute atomic E-state index is 13.0. The molecule has 1 aliphatic carbocycles. The number of aromatic nitrogens is 3. The summed E-state index contributed by atoms with van der Waals surface area (Å²) in [6.07, 6.45) is 5.49. The Morgan fingerprint density at radius 3 is 2.88 bits per heavy atom. The molecular weight excluding hydrogens is 440 g/mol. The van der Waals surface area contributed by atoms with E-state index < -0.39 is 0 Å². The van der Waals surface area contributed by atoms with Gasteiger partial charge in [0.25, 0.3) is 5.91 Å². The monoisotopic (exact) mass is 464 g/mol. The number of carbonyl (C=O) groups excluding carboxylic acids is 1. The normalized spacial score (nSPS) is 13.3. The highest BCUT2D eigenvalue weighted by Gasteiger charge is 2.18. The van der Waals surface area contributed by atoms with Crippen molar-refractivity contribution >= 4 is 39.7 Å². The van der Waals surface area contributed by atoms with Gasteiger partial charge in [0.15, 0.2) is 5.69 Å². The second kappa shape index (κ2) is 9.04. The molecule has 0 unspecified atom stereocenters. The third-order valence-electron chi connectivity index (χ3n) is 5.94. The number of hydrogen-bond acceptors (Lipinski definition) is 4. The van der Waals surface area contributed by atoms with Gasteiger partial charge in [-0.2, -0.15) is 5.10 Å². The summed E-state index contributed by atoms with van der Waals surface area (Å²) in [6, 6.07) is 13.8. The van der Waals surface area contributed by atoms with Crippen LogP contribution in [0.15, 0.2) is 42.5 Å². The van der Waals surface area contributed by atoms with Gasteiger partial charge in [-0.1, -0.05) is 41.9 Å². The Kier molecular flexibility index (Phi) is 5.98. The summed E-state index contributed by atoms with van der Waals surface area (Å²) >= 11 is 7.97. The van der Waals surface area contributed by atoms with Crippen LogP contribution in [-0.2, 0) is 25.8 Å². The lowest BCUT2D eigenvalue weighted by molar-refractivity contribution is 0.0950. The summed E-state index contributed by atoms with van der Waals surface area (Å²) < 4.78 is 1.89. The molecule has 4 aromatic rings. The Hall–Kier alpha value is -2.70. The van der Waals surface area contributed by atoms with Crippen LogP contribution in [0.25, 0.3) is 10.9 Å². The predicted octanol–water partition coefficient (Wildman–Crippen LogP) is 5.35. The number of fused-ring (bicyclic) bond motifs is 2. The highest BCUT2D eigenvalue weighted by Crippen LogP contribution is 2.27. The van der Waals surface area contributed by atoms with Crippen LogP contribution in [0.3, 0.4) is 0 Å². The lowest BCUT2D eigenvalue weighted by atomic mass is 10.0. The van der Waals surface area contributed by atoms with Crippen molar-refractivity contribution in [2.24, 2.45) is 0 Å². The van der Waals surface area contributed by atoms with Crippen molar-refractivity contribution in [3.05, 3.63) is 79.9 Å². The molecule has 7 heteroatoms. The number of amides is 1.